The van der Waals surface area contributed by atoms with Crippen molar-refractivity contribution in [3.63, 3.8) is 0 Å². The molecule has 118 valence electrons. The number of hydrogen-bond acceptors (Lipinski definition) is 3. The molecule has 1 unspecified atom stereocenters. The predicted octanol–water partition coefficient (Wildman–Crippen LogP) is 3.63. The summed E-state index contributed by atoms with van der Waals surface area (Å²) in [6.07, 6.45) is 2.37. The SMILES string of the molecule is CCCC(=O)N(Cc1cccc(OC)c1OC)C(C)CC. The van der Waals surface area contributed by atoms with Gasteiger partial charge in [0.15, 0.2) is 11.5 Å². The highest BCUT2D eigenvalue weighted by atomic mass is 16.5. The van der Waals surface area contributed by atoms with E-state index in [0.717, 1.165) is 18.4 Å². The number of amides is 1. The summed E-state index contributed by atoms with van der Waals surface area (Å²) in [6.45, 7) is 6.76. The van der Waals surface area contributed by atoms with Crippen molar-refractivity contribution < 1.29 is 14.3 Å². The van der Waals surface area contributed by atoms with E-state index in [1.165, 1.54) is 0 Å². The highest BCUT2D eigenvalue weighted by Crippen LogP contribution is 2.32. The number of hydrogen-bond donors (Lipinski definition) is 0. The van der Waals surface area contributed by atoms with Crippen LogP contribution in [0.4, 0.5) is 0 Å². The molecule has 0 aromatic heterocycles. The molecule has 0 N–H and O–H groups in total. The molecule has 0 aliphatic carbocycles. The van der Waals surface area contributed by atoms with Crippen LogP contribution in [0, 0.1) is 0 Å². The molecule has 1 atom stereocenters. The first-order chi connectivity index (χ1) is 10.1. The number of nitrogens with zero attached hydrogens (tertiary/aromatic N) is 1. The molecule has 0 heterocycles. The molecule has 0 fully saturated rings. The summed E-state index contributed by atoms with van der Waals surface area (Å²) >= 11 is 0. The van der Waals surface area contributed by atoms with Gasteiger partial charge in [-0.2, -0.15) is 0 Å². The van der Waals surface area contributed by atoms with E-state index >= 15 is 0 Å². The van der Waals surface area contributed by atoms with Crippen molar-refractivity contribution in [1.82, 2.24) is 4.90 Å². The van der Waals surface area contributed by atoms with Crippen LogP contribution >= 0.6 is 0 Å². The van der Waals surface area contributed by atoms with Gasteiger partial charge in [0, 0.05) is 24.6 Å². The molecule has 21 heavy (non-hydrogen) atoms. The molecule has 0 radical (unpaired) electrons. The van der Waals surface area contributed by atoms with Gasteiger partial charge >= 0.3 is 0 Å². The monoisotopic (exact) mass is 293 g/mol. The van der Waals surface area contributed by atoms with Crippen molar-refractivity contribution in [2.24, 2.45) is 0 Å². The third kappa shape index (κ3) is 4.38. The van der Waals surface area contributed by atoms with Crippen molar-refractivity contribution in [2.75, 3.05) is 14.2 Å². The van der Waals surface area contributed by atoms with Crippen LogP contribution in [0.15, 0.2) is 18.2 Å². The maximum Gasteiger partial charge on any atom is 0.223 e. The summed E-state index contributed by atoms with van der Waals surface area (Å²) in [5.41, 5.74) is 0.974. The standard InChI is InChI=1S/C17H27NO3/c1-6-9-16(19)18(13(3)7-2)12-14-10-8-11-15(20-4)17(14)21-5/h8,10-11,13H,6-7,9,12H2,1-5H3. The van der Waals surface area contributed by atoms with Gasteiger partial charge in [-0.05, 0) is 25.8 Å². The van der Waals surface area contributed by atoms with Crippen molar-refractivity contribution in [3.8, 4) is 11.5 Å². The first kappa shape index (κ1) is 17.3. The van der Waals surface area contributed by atoms with Gasteiger partial charge in [-0.15, -0.1) is 0 Å². The molecule has 1 aromatic rings. The fourth-order valence-corrected chi connectivity index (χ4v) is 2.33. The minimum Gasteiger partial charge on any atom is -0.493 e. The lowest BCUT2D eigenvalue weighted by Gasteiger charge is -2.29. The molecule has 1 rings (SSSR count). The van der Waals surface area contributed by atoms with Crippen molar-refractivity contribution >= 4 is 5.91 Å². The summed E-state index contributed by atoms with van der Waals surface area (Å²) in [4.78, 5) is 14.3. The lowest BCUT2D eigenvalue weighted by Crippen LogP contribution is -2.37. The summed E-state index contributed by atoms with van der Waals surface area (Å²) < 4.78 is 10.8. The molecule has 0 aliphatic rings. The van der Waals surface area contributed by atoms with Gasteiger partial charge in [0.05, 0.1) is 14.2 Å². The van der Waals surface area contributed by atoms with E-state index < -0.39 is 0 Å². The van der Waals surface area contributed by atoms with Gasteiger partial charge in [0.2, 0.25) is 5.91 Å². The average molecular weight is 293 g/mol. The first-order valence-electron chi connectivity index (χ1n) is 7.58. The zero-order valence-corrected chi connectivity index (χ0v) is 13.8. The zero-order valence-electron chi connectivity index (χ0n) is 13.8. The highest BCUT2D eigenvalue weighted by Gasteiger charge is 2.21. The van der Waals surface area contributed by atoms with E-state index in [-0.39, 0.29) is 11.9 Å². The maximum atomic E-state index is 12.4. The van der Waals surface area contributed by atoms with Gasteiger partial charge in [0.25, 0.3) is 0 Å². The van der Waals surface area contributed by atoms with E-state index in [1.807, 2.05) is 30.0 Å². The Morgan fingerprint density at radius 1 is 1.24 bits per heavy atom. The van der Waals surface area contributed by atoms with Gasteiger partial charge in [0.1, 0.15) is 0 Å². The summed E-state index contributed by atoms with van der Waals surface area (Å²) in [7, 11) is 3.25. The van der Waals surface area contributed by atoms with Crippen molar-refractivity contribution in [1.29, 1.82) is 0 Å². The lowest BCUT2D eigenvalue weighted by atomic mass is 10.1. The normalized spacial score (nSPS) is 11.9. The third-order valence-electron chi connectivity index (χ3n) is 3.73. The zero-order chi connectivity index (χ0) is 15.8. The number of rotatable bonds is 8. The van der Waals surface area contributed by atoms with Crippen LogP contribution in [-0.4, -0.2) is 31.1 Å². The van der Waals surface area contributed by atoms with Gasteiger partial charge in [-0.1, -0.05) is 26.0 Å². The average Bonchev–Trinajstić information content (AvgIpc) is 2.51. The molecule has 1 aromatic carbocycles. The van der Waals surface area contributed by atoms with Crippen LogP contribution in [-0.2, 0) is 11.3 Å². The van der Waals surface area contributed by atoms with Gasteiger partial charge < -0.3 is 14.4 Å². The van der Waals surface area contributed by atoms with Crippen LogP contribution in [0.1, 0.15) is 45.6 Å². The molecule has 0 spiro atoms. The highest BCUT2D eigenvalue weighted by molar-refractivity contribution is 5.76. The summed E-state index contributed by atoms with van der Waals surface area (Å²) in [5.74, 6) is 1.59. The second kappa shape index (κ2) is 8.55. The van der Waals surface area contributed by atoms with E-state index in [0.29, 0.717) is 24.5 Å². The Morgan fingerprint density at radius 2 is 1.95 bits per heavy atom. The summed E-state index contributed by atoms with van der Waals surface area (Å²) in [6, 6.07) is 5.98. The van der Waals surface area contributed by atoms with Gasteiger partial charge in [-0.25, -0.2) is 0 Å². The van der Waals surface area contributed by atoms with Crippen LogP contribution < -0.4 is 9.47 Å². The smallest absolute Gasteiger partial charge is 0.223 e. The van der Waals surface area contributed by atoms with Crippen molar-refractivity contribution in [2.45, 2.75) is 52.6 Å². The Labute approximate surface area is 128 Å². The second-order valence-corrected chi connectivity index (χ2v) is 5.18. The molecular formula is C17H27NO3. The number of ether oxygens (including phenoxy) is 2. The first-order valence-corrected chi connectivity index (χ1v) is 7.58. The third-order valence-corrected chi connectivity index (χ3v) is 3.73. The fraction of sp³-hybridized carbons (Fsp3) is 0.588. The van der Waals surface area contributed by atoms with E-state index in [9.17, 15) is 4.79 Å². The fourth-order valence-electron chi connectivity index (χ4n) is 2.33. The number of para-hydroxylation sites is 1. The largest absolute Gasteiger partial charge is 0.493 e. The molecule has 0 aliphatic heterocycles. The number of carbonyl (C=O) groups excluding carboxylic acids is 1. The predicted molar refractivity (Wildman–Crippen MR) is 84.8 cm³/mol. The topological polar surface area (TPSA) is 38.8 Å². The Bertz CT molecular complexity index is 459. The van der Waals surface area contributed by atoms with E-state index in [1.54, 1.807) is 14.2 Å². The van der Waals surface area contributed by atoms with Gasteiger partial charge in [-0.3, -0.25) is 4.79 Å². The Balaban J connectivity index is 3.05. The molecule has 0 bridgehead atoms. The second-order valence-electron chi connectivity index (χ2n) is 5.18. The molecule has 0 saturated carbocycles. The van der Waals surface area contributed by atoms with E-state index in [2.05, 4.69) is 13.8 Å². The molecule has 0 saturated heterocycles. The Kier molecular flexibility index (Phi) is 7.06. The number of carbonyl (C=O) groups is 1. The van der Waals surface area contributed by atoms with Crippen molar-refractivity contribution in [3.05, 3.63) is 23.8 Å². The van der Waals surface area contributed by atoms with Crippen LogP contribution in [0.3, 0.4) is 0 Å². The Morgan fingerprint density at radius 3 is 2.48 bits per heavy atom. The maximum absolute atomic E-state index is 12.4. The lowest BCUT2D eigenvalue weighted by molar-refractivity contribution is -0.134. The Hall–Kier alpha value is -1.71. The molecule has 4 nitrogen and oxygen atoms in total. The quantitative estimate of drug-likeness (QED) is 0.734. The molecule has 4 heteroatoms. The molecular weight excluding hydrogens is 266 g/mol. The van der Waals surface area contributed by atoms with Crippen LogP contribution in [0.2, 0.25) is 0 Å². The van der Waals surface area contributed by atoms with E-state index in [4.69, 9.17) is 9.47 Å². The number of benzene rings is 1. The minimum absolute atomic E-state index is 0.191. The molecule has 1 amide bonds. The van der Waals surface area contributed by atoms with Crippen LogP contribution in [0.5, 0.6) is 11.5 Å². The van der Waals surface area contributed by atoms with Crippen LogP contribution in [0.25, 0.3) is 0 Å². The minimum atomic E-state index is 0.191. The summed E-state index contributed by atoms with van der Waals surface area (Å²) in [5, 5.41) is 0. The number of methoxy groups -OCH3 is 2.